The summed E-state index contributed by atoms with van der Waals surface area (Å²) in [5.41, 5.74) is 0. The number of carbonyl (C=O) groups is 1. The van der Waals surface area contributed by atoms with Gasteiger partial charge in [0, 0.05) is 12.5 Å². The highest BCUT2D eigenvalue weighted by Crippen LogP contribution is 2.28. The molecule has 2 heterocycles. The van der Waals surface area contributed by atoms with Crippen LogP contribution in [-0.4, -0.2) is 53.5 Å². The molecule has 0 N–H and O–H groups in total. The van der Waals surface area contributed by atoms with E-state index in [4.69, 9.17) is 13.9 Å². The van der Waals surface area contributed by atoms with Crippen molar-refractivity contribution >= 4 is 5.91 Å². The van der Waals surface area contributed by atoms with E-state index in [2.05, 4.69) is 17.1 Å². The first-order chi connectivity index (χ1) is 12.1. The zero-order valence-electron chi connectivity index (χ0n) is 15.4. The van der Waals surface area contributed by atoms with Crippen molar-refractivity contribution < 1.29 is 18.7 Å². The minimum absolute atomic E-state index is 0.0321. The Bertz CT molecular complexity index is 574. The van der Waals surface area contributed by atoms with Crippen molar-refractivity contribution in [2.24, 2.45) is 5.92 Å². The van der Waals surface area contributed by atoms with Crippen molar-refractivity contribution in [3.63, 3.8) is 0 Å². The molecular formula is C18H29N3O4. The molecule has 0 aromatic carbocycles. The molecule has 0 bridgehead atoms. The standard InChI is InChI=1S/C18H29N3O4/c1-12(2)17-19-20-18(25-17)14-10-23-9-8-21(14)16(22)11-24-15-7-5-4-6-13(15)3/h12-15H,4-11H2,1-3H3/t13-,14+,15+/m1/s1. The monoisotopic (exact) mass is 351 g/mol. The fourth-order valence-corrected chi connectivity index (χ4v) is 3.51. The minimum atomic E-state index is -0.325. The van der Waals surface area contributed by atoms with Crippen LogP contribution in [0.15, 0.2) is 4.42 Å². The number of carbonyl (C=O) groups excluding carboxylic acids is 1. The molecule has 2 aliphatic rings. The Kier molecular flexibility index (Phi) is 6.06. The molecule has 7 heteroatoms. The summed E-state index contributed by atoms with van der Waals surface area (Å²) in [4.78, 5) is 14.5. The lowest BCUT2D eigenvalue weighted by molar-refractivity contribution is -0.149. The predicted molar refractivity (Wildman–Crippen MR) is 91.0 cm³/mol. The summed E-state index contributed by atoms with van der Waals surface area (Å²) in [7, 11) is 0. The highest BCUT2D eigenvalue weighted by Gasteiger charge is 2.33. The molecule has 0 unspecified atom stereocenters. The van der Waals surface area contributed by atoms with Gasteiger partial charge in [-0.15, -0.1) is 10.2 Å². The summed E-state index contributed by atoms with van der Waals surface area (Å²) in [6.45, 7) is 7.73. The Morgan fingerprint density at radius 2 is 2.12 bits per heavy atom. The molecule has 7 nitrogen and oxygen atoms in total. The maximum atomic E-state index is 12.7. The molecule has 1 amide bonds. The third-order valence-corrected chi connectivity index (χ3v) is 5.14. The summed E-state index contributed by atoms with van der Waals surface area (Å²) in [5, 5.41) is 8.20. The van der Waals surface area contributed by atoms with E-state index in [1.165, 1.54) is 19.3 Å². The van der Waals surface area contributed by atoms with Gasteiger partial charge < -0.3 is 18.8 Å². The van der Waals surface area contributed by atoms with Gasteiger partial charge in [-0.1, -0.05) is 33.6 Å². The molecule has 1 aliphatic carbocycles. The molecule has 0 spiro atoms. The van der Waals surface area contributed by atoms with Gasteiger partial charge in [0.05, 0.1) is 19.3 Å². The number of aromatic nitrogens is 2. The van der Waals surface area contributed by atoms with Gasteiger partial charge in [0.25, 0.3) is 0 Å². The summed E-state index contributed by atoms with van der Waals surface area (Å²) >= 11 is 0. The molecule has 1 saturated carbocycles. The van der Waals surface area contributed by atoms with Crippen LogP contribution in [-0.2, 0) is 14.3 Å². The Hall–Kier alpha value is -1.47. The third-order valence-electron chi connectivity index (χ3n) is 5.14. The fraction of sp³-hybridized carbons (Fsp3) is 0.833. The normalized spacial score (nSPS) is 27.7. The Labute approximate surface area is 149 Å². The largest absolute Gasteiger partial charge is 0.423 e. The van der Waals surface area contributed by atoms with Gasteiger partial charge in [0.15, 0.2) is 0 Å². The number of morpholine rings is 1. The maximum absolute atomic E-state index is 12.7. The van der Waals surface area contributed by atoms with Crippen molar-refractivity contribution in [2.45, 2.75) is 64.5 Å². The van der Waals surface area contributed by atoms with E-state index in [1.807, 2.05) is 13.8 Å². The van der Waals surface area contributed by atoms with Gasteiger partial charge >= 0.3 is 0 Å². The molecule has 3 rings (SSSR count). The quantitative estimate of drug-likeness (QED) is 0.812. The molecule has 1 aromatic heterocycles. The number of hydrogen-bond donors (Lipinski definition) is 0. The van der Waals surface area contributed by atoms with E-state index >= 15 is 0 Å². The second-order valence-electron chi connectivity index (χ2n) is 7.42. The van der Waals surface area contributed by atoms with E-state index < -0.39 is 0 Å². The van der Waals surface area contributed by atoms with Crippen LogP contribution in [0.1, 0.15) is 70.2 Å². The first-order valence-electron chi connectivity index (χ1n) is 9.38. The molecule has 1 aliphatic heterocycles. The van der Waals surface area contributed by atoms with Crippen molar-refractivity contribution in [3.05, 3.63) is 11.8 Å². The number of rotatable bonds is 5. The van der Waals surface area contributed by atoms with Crippen molar-refractivity contribution in [1.82, 2.24) is 15.1 Å². The average molecular weight is 351 g/mol. The molecule has 1 aromatic rings. The van der Waals surface area contributed by atoms with Crippen LogP contribution in [0.4, 0.5) is 0 Å². The zero-order valence-corrected chi connectivity index (χ0v) is 15.4. The van der Waals surface area contributed by atoms with Crippen molar-refractivity contribution in [1.29, 1.82) is 0 Å². The molecule has 3 atom stereocenters. The van der Waals surface area contributed by atoms with Gasteiger partial charge in [-0.3, -0.25) is 4.79 Å². The summed E-state index contributed by atoms with van der Waals surface area (Å²) in [6.07, 6.45) is 4.86. The van der Waals surface area contributed by atoms with Gasteiger partial charge in [0.1, 0.15) is 12.6 Å². The lowest BCUT2D eigenvalue weighted by atomic mass is 9.88. The second-order valence-corrected chi connectivity index (χ2v) is 7.42. The van der Waals surface area contributed by atoms with E-state index in [1.54, 1.807) is 4.90 Å². The van der Waals surface area contributed by atoms with E-state index in [-0.39, 0.29) is 30.6 Å². The number of hydrogen-bond acceptors (Lipinski definition) is 6. The second kappa shape index (κ2) is 8.27. The molecule has 25 heavy (non-hydrogen) atoms. The fourth-order valence-electron chi connectivity index (χ4n) is 3.51. The lowest BCUT2D eigenvalue weighted by Crippen LogP contribution is -2.45. The van der Waals surface area contributed by atoms with Crippen LogP contribution < -0.4 is 0 Å². The molecule has 140 valence electrons. The molecule has 1 saturated heterocycles. The number of amides is 1. The van der Waals surface area contributed by atoms with Gasteiger partial charge in [-0.25, -0.2) is 0 Å². The lowest BCUT2D eigenvalue weighted by Gasteiger charge is -2.34. The SMILES string of the molecule is CC(C)c1nnc([C@@H]2COCCN2C(=O)CO[C@H]2CCCC[C@H]2C)o1. The van der Waals surface area contributed by atoms with E-state index in [0.29, 0.717) is 37.5 Å². The maximum Gasteiger partial charge on any atom is 0.249 e. The smallest absolute Gasteiger partial charge is 0.249 e. The zero-order chi connectivity index (χ0) is 17.8. The summed E-state index contributed by atoms with van der Waals surface area (Å²) in [6, 6.07) is -0.325. The molecule has 0 radical (unpaired) electrons. The van der Waals surface area contributed by atoms with Crippen LogP contribution in [0.3, 0.4) is 0 Å². The van der Waals surface area contributed by atoms with Gasteiger partial charge in [-0.05, 0) is 18.8 Å². The van der Waals surface area contributed by atoms with Gasteiger partial charge in [0.2, 0.25) is 17.7 Å². The summed E-state index contributed by atoms with van der Waals surface area (Å²) < 4.78 is 17.2. The summed E-state index contributed by atoms with van der Waals surface area (Å²) in [5.74, 6) is 1.68. The molecule has 2 fully saturated rings. The first kappa shape index (κ1) is 18.3. The van der Waals surface area contributed by atoms with Crippen LogP contribution in [0.2, 0.25) is 0 Å². The number of nitrogens with zero attached hydrogens (tertiary/aromatic N) is 3. The highest BCUT2D eigenvalue weighted by atomic mass is 16.5. The average Bonchev–Trinajstić information content (AvgIpc) is 3.11. The number of ether oxygens (including phenoxy) is 2. The van der Waals surface area contributed by atoms with Crippen molar-refractivity contribution in [2.75, 3.05) is 26.4 Å². The highest BCUT2D eigenvalue weighted by molar-refractivity contribution is 5.78. The minimum Gasteiger partial charge on any atom is -0.423 e. The molecular weight excluding hydrogens is 322 g/mol. The van der Waals surface area contributed by atoms with Crippen molar-refractivity contribution in [3.8, 4) is 0 Å². The Morgan fingerprint density at radius 3 is 2.84 bits per heavy atom. The van der Waals surface area contributed by atoms with Crippen LogP contribution in [0.25, 0.3) is 0 Å². The topological polar surface area (TPSA) is 77.7 Å². The Morgan fingerprint density at radius 1 is 1.32 bits per heavy atom. The van der Waals surface area contributed by atoms with Gasteiger partial charge in [-0.2, -0.15) is 0 Å². The third kappa shape index (κ3) is 4.39. The Balaban J connectivity index is 1.62. The first-order valence-corrected chi connectivity index (χ1v) is 9.38. The van der Waals surface area contributed by atoms with Crippen LogP contribution in [0.5, 0.6) is 0 Å². The van der Waals surface area contributed by atoms with Crippen LogP contribution >= 0.6 is 0 Å². The van der Waals surface area contributed by atoms with E-state index in [9.17, 15) is 4.79 Å². The van der Waals surface area contributed by atoms with E-state index in [0.717, 1.165) is 6.42 Å². The van der Waals surface area contributed by atoms with Crippen LogP contribution in [0, 0.1) is 5.92 Å². The predicted octanol–water partition coefficient (Wildman–Crippen LogP) is 2.69.